The van der Waals surface area contributed by atoms with Crippen molar-refractivity contribution in [1.29, 1.82) is 0 Å². The van der Waals surface area contributed by atoms with E-state index in [-0.39, 0.29) is 17.7 Å². The van der Waals surface area contributed by atoms with Gasteiger partial charge in [0.1, 0.15) is 17.7 Å². The smallest absolute Gasteiger partial charge is 0.229 e. The number of hydrogen-bond acceptors (Lipinski definition) is 3. The zero-order chi connectivity index (χ0) is 15.5. The van der Waals surface area contributed by atoms with E-state index in [2.05, 4.69) is 10.6 Å². The third-order valence-electron chi connectivity index (χ3n) is 3.46. The monoisotopic (exact) mass is 294 g/mol. The van der Waals surface area contributed by atoms with Gasteiger partial charge >= 0.3 is 0 Å². The highest BCUT2D eigenvalue weighted by atomic mass is 19.1. The molecular weight excluding hydrogens is 271 g/mol. The van der Waals surface area contributed by atoms with Crippen molar-refractivity contribution < 1.29 is 13.9 Å². The Hall–Kier alpha value is -1.62. The number of anilines is 1. The second kappa shape index (κ2) is 6.43. The fraction of sp³-hybridized carbons (Fsp3) is 0.562. The molecule has 0 unspecified atom stereocenters. The summed E-state index contributed by atoms with van der Waals surface area (Å²) in [5.41, 5.74) is -0.371. The standard InChI is InChI=1S/C16H23FN2O2/c1-16(2,3)15(20)19-14-5-4-12(10-13(14)17)21-11-6-8-18-9-7-11/h4-5,10-11,18H,6-9H2,1-3H3,(H,19,20). The molecule has 0 spiro atoms. The predicted molar refractivity (Wildman–Crippen MR) is 81.0 cm³/mol. The van der Waals surface area contributed by atoms with Crippen molar-refractivity contribution in [3.05, 3.63) is 24.0 Å². The van der Waals surface area contributed by atoms with Crippen LogP contribution < -0.4 is 15.4 Å². The van der Waals surface area contributed by atoms with Crippen molar-refractivity contribution >= 4 is 11.6 Å². The molecule has 1 heterocycles. The van der Waals surface area contributed by atoms with Crippen molar-refractivity contribution in [3.8, 4) is 5.75 Å². The molecule has 0 aromatic heterocycles. The number of carbonyl (C=O) groups is 1. The van der Waals surface area contributed by atoms with E-state index in [1.807, 2.05) is 0 Å². The van der Waals surface area contributed by atoms with Gasteiger partial charge in [-0.3, -0.25) is 4.79 Å². The summed E-state index contributed by atoms with van der Waals surface area (Å²) in [6.07, 6.45) is 1.97. The lowest BCUT2D eigenvalue weighted by Gasteiger charge is -2.24. The van der Waals surface area contributed by atoms with Crippen LogP contribution in [0.5, 0.6) is 5.75 Å². The van der Waals surface area contributed by atoms with Gasteiger partial charge < -0.3 is 15.4 Å². The summed E-state index contributed by atoms with van der Waals surface area (Å²) in [7, 11) is 0. The molecule has 0 saturated carbocycles. The van der Waals surface area contributed by atoms with Gasteiger partial charge in [0.2, 0.25) is 5.91 Å². The van der Waals surface area contributed by atoms with Crippen LogP contribution in [0.25, 0.3) is 0 Å². The molecule has 1 fully saturated rings. The Balaban J connectivity index is 2.01. The number of amides is 1. The third kappa shape index (κ3) is 4.43. The number of benzene rings is 1. The Morgan fingerprint density at radius 2 is 2.00 bits per heavy atom. The van der Waals surface area contributed by atoms with Crippen molar-refractivity contribution in [3.63, 3.8) is 0 Å². The molecule has 1 aliphatic heterocycles. The van der Waals surface area contributed by atoms with E-state index >= 15 is 0 Å². The Morgan fingerprint density at radius 3 is 2.57 bits per heavy atom. The van der Waals surface area contributed by atoms with Crippen LogP contribution in [0.15, 0.2) is 18.2 Å². The molecule has 4 nitrogen and oxygen atoms in total. The molecule has 1 aromatic rings. The lowest BCUT2D eigenvalue weighted by Crippen LogP contribution is -2.34. The van der Waals surface area contributed by atoms with E-state index in [9.17, 15) is 9.18 Å². The summed E-state index contributed by atoms with van der Waals surface area (Å²) in [6, 6.07) is 4.58. The molecule has 1 amide bonds. The second-order valence-corrected chi connectivity index (χ2v) is 6.41. The summed E-state index contributed by atoms with van der Waals surface area (Å²) in [4.78, 5) is 11.9. The summed E-state index contributed by atoms with van der Waals surface area (Å²) in [6.45, 7) is 7.21. The average molecular weight is 294 g/mol. The van der Waals surface area contributed by atoms with Gasteiger partial charge in [-0.2, -0.15) is 0 Å². The minimum Gasteiger partial charge on any atom is -0.490 e. The molecule has 2 rings (SSSR count). The zero-order valence-corrected chi connectivity index (χ0v) is 12.8. The zero-order valence-electron chi connectivity index (χ0n) is 12.8. The quantitative estimate of drug-likeness (QED) is 0.901. The number of nitrogens with one attached hydrogen (secondary N) is 2. The predicted octanol–water partition coefficient (Wildman–Crippen LogP) is 2.94. The Labute approximate surface area is 125 Å². The van der Waals surface area contributed by atoms with Gasteiger partial charge in [-0.1, -0.05) is 20.8 Å². The first-order chi connectivity index (χ1) is 9.86. The van der Waals surface area contributed by atoms with Gasteiger partial charge in [0, 0.05) is 11.5 Å². The second-order valence-electron chi connectivity index (χ2n) is 6.41. The maximum Gasteiger partial charge on any atom is 0.229 e. The highest BCUT2D eigenvalue weighted by Gasteiger charge is 2.22. The number of halogens is 1. The largest absolute Gasteiger partial charge is 0.490 e. The van der Waals surface area contributed by atoms with Gasteiger partial charge in [-0.25, -0.2) is 4.39 Å². The van der Waals surface area contributed by atoms with Crippen LogP contribution in [0, 0.1) is 11.2 Å². The van der Waals surface area contributed by atoms with E-state index in [1.54, 1.807) is 32.9 Å². The molecule has 0 aliphatic carbocycles. The summed E-state index contributed by atoms with van der Waals surface area (Å²) in [5, 5.41) is 5.86. The lowest BCUT2D eigenvalue weighted by atomic mass is 9.95. The van der Waals surface area contributed by atoms with Crippen molar-refractivity contribution in [2.75, 3.05) is 18.4 Å². The molecule has 5 heteroatoms. The van der Waals surface area contributed by atoms with Gasteiger partial charge in [-0.05, 0) is 38.1 Å². The molecule has 116 valence electrons. The number of carbonyl (C=O) groups excluding carboxylic acids is 1. The van der Waals surface area contributed by atoms with Crippen molar-refractivity contribution in [2.24, 2.45) is 5.41 Å². The number of piperidine rings is 1. The van der Waals surface area contributed by atoms with E-state index in [0.717, 1.165) is 25.9 Å². The summed E-state index contributed by atoms with van der Waals surface area (Å²) >= 11 is 0. The van der Waals surface area contributed by atoms with E-state index in [1.165, 1.54) is 6.07 Å². The minimum absolute atomic E-state index is 0.126. The van der Waals surface area contributed by atoms with Crippen LogP contribution in [0.4, 0.5) is 10.1 Å². The van der Waals surface area contributed by atoms with Crippen LogP contribution in [-0.4, -0.2) is 25.1 Å². The first-order valence-corrected chi connectivity index (χ1v) is 7.34. The van der Waals surface area contributed by atoms with Gasteiger partial charge in [0.05, 0.1) is 5.69 Å². The van der Waals surface area contributed by atoms with E-state index in [0.29, 0.717) is 5.75 Å². The summed E-state index contributed by atoms with van der Waals surface area (Å²) in [5.74, 6) is -0.180. The molecule has 0 atom stereocenters. The average Bonchev–Trinajstić information content (AvgIpc) is 2.42. The normalized spacial score (nSPS) is 16.6. The van der Waals surface area contributed by atoms with Crippen LogP contribution in [-0.2, 0) is 4.79 Å². The minimum atomic E-state index is -0.559. The molecule has 1 saturated heterocycles. The van der Waals surface area contributed by atoms with Gasteiger partial charge in [0.15, 0.2) is 0 Å². The van der Waals surface area contributed by atoms with Crippen molar-refractivity contribution in [2.45, 2.75) is 39.7 Å². The SMILES string of the molecule is CC(C)(C)C(=O)Nc1ccc(OC2CCNCC2)cc1F. The molecule has 21 heavy (non-hydrogen) atoms. The molecular formula is C16H23FN2O2. The maximum atomic E-state index is 14.0. The van der Waals surface area contributed by atoms with Crippen LogP contribution in [0.3, 0.4) is 0 Å². The number of hydrogen-bond donors (Lipinski definition) is 2. The number of ether oxygens (including phenoxy) is 1. The highest BCUT2D eigenvalue weighted by Crippen LogP contribution is 2.25. The first-order valence-electron chi connectivity index (χ1n) is 7.34. The maximum absolute atomic E-state index is 14.0. The van der Waals surface area contributed by atoms with E-state index < -0.39 is 11.2 Å². The van der Waals surface area contributed by atoms with Crippen LogP contribution >= 0.6 is 0 Å². The fourth-order valence-electron chi connectivity index (χ4n) is 2.09. The fourth-order valence-corrected chi connectivity index (χ4v) is 2.09. The Morgan fingerprint density at radius 1 is 1.33 bits per heavy atom. The molecule has 1 aromatic carbocycles. The molecule has 0 radical (unpaired) electrons. The molecule has 1 aliphatic rings. The van der Waals surface area contributed by atoms with Gasteiger partial charge in [-0.15, -0.1) is 0 Å². The first kappa shape index (κ1) is 15.8. The van der Waals surface area contributed by atoms with Crippen LogP contribution in [0.2, 0.25) is 0 Å². The lowest BCUT2D eigenvalue weighted by molar-refractivity contribution is -0.123. The van der Waals surface area contributed by atoms with Crippen molar-refractivity contribution in [1.82, 2.24) is 5.32 Å². The van der Waals surface area contributed by atoms with E-state index in [4.69, 9.17) is 4.74 Å². The highest BCUT2D eigenvalue weighted by molar-refractivity contribution is 5.94. The topological polar surface area (TPSA) is 50.4 Å². The van der Waals surface area contributed by atoms with Gasteiger partial charge in [0.25, 0.3) is 0 Å². The molecule has 0 bridgehead atoms. The third-order valence-corrected chi connectivity index (χ3v) is 3.46. The molecule has 2 N–H and O–H groups in total. The Bertz CT molecular complexity index is 505. The number of rotatable bonds is 3. The Kier molecular flexibility index (Phi) is 4.83. The summed E-state index contributed by atoms with van der Waals surface area (Å²) < 4.78 is 19.8. The van der Waals surface area contributed by atoms with Crippen LogP contribution in [0.1, 0.15) is 33.6 Å².